The van der Waals surface area contributed by atoms with E-state index in [0.29, 0.717) is 11.5 Å². The molecule has 136 valence electrons. The molecule has 2 aromatic rings. The number of anilines is 1. The highest BCUT2D eigenvalue weighted by atomic mass is 19.1. The van der Waals surface area contributed by atoms with Gasteiger partial charge in [-0.1, -0.05) is 36.4 Å². The van der Waals surface area contributed by atoms with Crippen molar-refractivity contribution in [3.8, 4) is 0 Å². The van der Waals surface area contributed by atoms with Crippen LogP contribution in [-0.2, 0) is 4.79 Å². The second-order valence-corrected chi connectivity index (χ2v) is 6.60. The Morgan fingerprint density at radius 3 is 2.50 bits per heavy atom. The van der Waals surface area contributed by atoms with Crippen LogP contribution in [0.5, 0.6) is 0 Å². The Kier molecular flexibility index (Phi) is 6.12. The van der Waals surface area contributed by atoms with Crippen LogP contribution in [0.2, 0.25) is 0 Å². The van der Waals surface area contributed by atoms with Crippen molar-refractivity contribution in [2.45, 2.75) is 31.6 Å². The number of nitrogens with one attached hydrogen (secondary N) is 2. The minimum atomic E-state index is -0.453. The minimum Gasteiger partial charge on any atom is -0.324 e. The van der Waals surface area contributed by atoms with Gasteiger partial charge in [0.05, 0.1) is 5.69 Å². The molecule has 0 unspecified atom stereocenters. The quantitative estimate of drug-likeness (QED) is 0.774. The fourth-order valence-electron chi connectivity index (χ4n) is 3.26. The van der Waals surface area contributed by atoms with Crippen molar-refractivity contribution in [3.63, 3.8) is 0 Å². The molecule has 0 atom stereocenters. The molecule has 0 bridgehead atoms. The lowest BCUT2D eigenvalue weighted by molar-refractivity contribution is -0.116. The summed E-state index contributed by atoms with van der Waals surface area (Å²) in [5, 5.41) is 5.92. The molecule has 3 rings (SSSR count). The predicted octanol–water partition coefficient (Wildman–Crippen LogP) is 3.89. The Hall–Kier alpha value is -2.53. The van der Waals surface area contributed by atoms with Crippen LogP contribution in [0.3, 0.4) is 0 Å². The molecule has 1 aliphatic heterocycles. The fraction of sp³-hybridized carbons (Fsp3) is 0.333. The minimum absolute atomic E-state index is 0.0325. The lowest BCUT2D eigenvalue weighted by Gasteiger charge is -2.23. The maximum atomic E-state index is 14.1. The Morgan fingerprint density at radius 1 is 1.04 bits per heavy atom. The van der Waals surface area contributed by atoms with E-state index in [1.807, 2.05) is 6.07 Å². The molecular weight excluding hydrogens is 331 g/mol. The van der Waals surface area contributed by atoms with Gasteiger partial charge in [-0.2, -0.15) is 0 Å². The summed E-state index contributed by atoms with van der Waals surface area (Å²) < 4.78 is 14.1. The molecule has 0 saturated carbocycles. The number of carbonyl (C=O) groups is 2. The summed E-state index contributed by atoms with van der Waals surface area (Å²) in [4.78, 5) is 24.2. The summed E-state index contributed by atoms with van der Waals surface area (Å²) >= 11 is 0. The van der Waals surface area contributed by atoms with Crippen LogP contribution in [0.4, 0.5) is 10.1 Å². The zero-order valence-corrected chi connectivity index (χ0v) is 14.6. The third kappa shape index (κ3) is 4.76. The molecule has 0 aliphatic carbocycles. The zero-order chi connectivity index (χ0) is 18.4. The van der Waals surface area contributed by atoms with Gasteiger partial charge in [-0.3, -0.25) is 9.59 Å². The van der Waals surface area contributed by atoms with E-state index in [0.717, 1.165) is 31.5 Å². The van der Waals surface area contributed by atoms with Crippen LogP contribution in [-0.4, -0.2) is 24.8 Å². The van der Waals surface area contributed by atoms with Gasteiger partial charge in [0, 0.05) is 18.4 Å². The Labute approximate surface area is 152 Å². The van der Waals surface area contributed by atoms with Gasteiger partial charge >= 0.3 is 0 Å². The van der Waals surface area contributed by atoms with E-state index < -0.39 is 5.82 Å². The van der Waals surface area contributed by atoms with Gasteiger partial charge in [0.15, 0.2) is 5.78 Å². The molecule has 0 spiro atoms. The molecule has 5 heteroatoms. The van der Waals surface area contributed by atoms with Crippen molar-refractivity contribution in [3.05, 3.63) is 65.5 Å². The number of hydrogen-bond acceptors (Lipinski definition) is 3. The Morgan fingerprint density at radius 2 is 1.77 bits per heavy atom. The number of Topliss-reactive ketones (excluding diaryl/α,β-unsaturated/α-hetero) is 1. The molecule has 0 aromatic heterocycles. The SMILES string of the molecule is O=C(CCC(=O)c1ccccc1)Nc1cc(C2CCNCC2)ccc1F. The van der Waals surface area contributed by atoms with Crippen molar-refractivity contribution in [1.82, 2.24) is 5.32 Å². The molecule has 0 radical (unpaired) electrons. The lowest BCUT2D eigenvalue weighted by atomic mass is 9.90. The topological polar surface area (TPSA) is 58.2 Å². The summed E-state index contributed by atoms with van der Waals surface area (Å²) in [6.45, 7) is 1.90. The summed E-state index contributed by atoms with van der Waals surface area (Å²) in [6.07, 6.45) is 2.14. The Balaban J connectivity index is 1.59. The number of amides is 1. The van der Waals surface area contributed by atoms with Crippen LogP contribution in [0, 0.1) is 5.82 Å². The van der Waals surface area contributed by atoms with Gasteiger partial charge in [0.1, 0.15) is 5.82 Å². The first-order chi connectivity index (χ1) is 12.6. The molecule has 26 heavy (non-hydrogen) atoms. The van der Waals surface area contributed by atoms with E-state index in [1.165, 1.54) is 6.07 Å². The zero-order valence-electron chi connectivity index (χ0n) is 14.6. The van der Waals surface area contributed by atoms with Gasteiger partial charge in [0.2, 0.25) is 5.91 Å². The maximum Gasteiger partial charge on any atom is 0.224 e. The first-order valence-corrected chi connectivity index (χ1v) is 9.02. The summed E-state index contributed by atoms with van der Waals surface area (Å²) in [7, 11) is 0. The van der Waals surface area contributed by atoms with Gasteiger partial charge < -0.3 is 10.6 Å². The van der Waals surface area contributed by atoms with E-state index in [2.05, 4.69) is 10.6 Å². The number of ketones is 1. The first kappa shape index (κ1) is 18.3. The molecule has 1 saturated heterocycles. The molecule has 4 nitrogen and oxygen atoms in total. The number of halogens is 1. The van der Waals surface area contributed by atoms with Crippen molar-refractivity contribution < 1.29 is 14.0 Å². The van der Waals surface area contributed by atoms with Gasteiger partial charge in [-0.15, -0.1) is 0 Å². The van der Waals surface area contributed by atoms with Crippen LogP contribution >= 0.6 is 0 Å². The lowest BCUT2D eigenvalue weighted by Crippen LogP contribution is -2.26. The number of hydrogen-bond donors (Lipinski definition) is 2. The third-order valence-corrected chi connectivity index (χ3v) is 4.75. The number of piperidine rings is 1. The standard InChI is InChI=1S/C21H23FN2O2/c22-18-7-6-17(15-10-12-23-13-11-15)14-19(18)24-21(26)9-8-20(25)16-4-2-1-3-5-16/h1-7,14-15,23H,8-13H2,(H,24,26). The largest absolute Gasteiger partial charge is 0.324 e. The third-order valence-electron chi connectivity index (χ3n) is 4.75. The highest BCUT2D eigenvalue weighted by Gasteiger charge is 2.17. The van der Waals surface area contributed by atoms with E-state index in [9.17, 15) is 14.0 Å². The summed E-state index contributed by atoms with van der Waals surface area (Å²) in [5.41, 5.74) is 1.82. The summed E-state index contributed by atoms with van der Waals surface area (Å²) in [5.74, 6) is -0.516. The molecular formula is C21H23FN2O2. The number of carbonyl (C=O) groups excluding carboxylic acids is 2. The molecule has 2 aromatic carbocycles. The van der Waals surface area contributed by atoms with Crippen LogP contribution in [0.1, 0.15) is 47.5 Å². The average Bonchev–Trinajstić information content (AvgIpc) is 2.69. The van der Waals surface area contributed by atoms with Crippen molar-refractivity contribution >= 4 is 17.4 Å². The predicted molar refractivity (Wildman–Crippen MR) is 99.9 cm³/mol. The molecule has 1 amide bonds. The van der Waals surface area contributed by atoms with Crippen molar-refractivity contribution in [2.24, 2.45) is 0 Å². The number of rotatable bonds is 6. The maximum absolute atomic E-state index is 14.1. The van der Waals surface area contributed by atoms with Crippen LogP contribution in [0.15, 0.2) is 48.5 Å². The van der Waals surface area contributed by atoms with E-state index in [-0.39, 0.29) is 30.2 Å². The molecule has 1 fully saturated rings. The van der Waals surface area contributed by atoms with Crippen molar-refractivity contribution in [1.29, 1.82) is 0 Å². The van der Waals surface area contributed by atoms with Crippen LogP contribution < -0.4 is 10.6 Å². The second-order valence-electron chi connectivity index (χ2n) is 6.60. The second kappa shape index (κ2) is 8.72. The highest BCUT2D eigenvalue weighted by molar-refractivity contribution is 6.00. The number of benzene rings is 2. The molecule has 2 N–H and O–H groups in total. The Bertz CT molecular complexity index is 771. The monoisotopic (exact) mass is 354 g/mol. The molecule has 1 aliphatic rings. The fourth-order valence-corrected chi connectivity index (χ4v) is 3.26. The van der Waals surface area contributed by atoms with Crippen molar-refractivity contribution in [2.75, 3.05) is 18.4 Å². The van der Waals surface area contributed by atoms with Gasteiger partial charge in [0.25, 0.3) is 0 Å². The normalized spacial score (nSPS) is 14.8. The van der Waals surface area contributed by atoms with E-state index >= 15 is 0 Å². The summed E-state index contributed by atoms with van der Waals surface area (Å²) in [6, 6.07) is 13.8. The molecule has 1 heterocycles. The van der Waals surface area contributed by atoms with Gasteiger partial charge in [-0.05, 0) is 49.5 Å². The average molecular weight is 354 g/mol. The van der Waals surface area contributed by atoms with E-state index in [4.69, 9.17) is 0 Å². The highest BCUT2D eigenvalue weighted by Crippen LogP contribution is 2.28. The van der Waals surface area contributed by atoms with Gasteiger partial charge in [-0.25, -0.2) is 4.39 Å². The van der Waals surface area contributed by atoms with Crippen LogP contribution in [0.25, 0.3) is 0 Å². The smallest absolute Gasteiger partial charge is 0.224 e. The van der Waals surface area contributed by atoms with E-state index in [1.54, 1.807) is 36.4 Å². The first-order valence-electron chi connectivity index (χ1n) is 9.02.